The molecule has 0 aliphatic rings. The number of halogens is 1. The third-order valence-electron chi connectivity index (χ3n) is 2.67. The molecule has 1 rings (SSSR count). The zero-order valence-corrected chi connectivity index (χ0v) is 13.0. The minimum Gasteiger partial charge on any atom is -0.326 e. The van der Waals surface area contributed by atoms with Crippen molar-refractivity contribution in [1.82, 2.24) is 5.43 Å². The lowest BCUT2D eigenvalue weighted by Crippen LogP contribution is -2.21. The third-order valence-corrected chi connectivity index (χ3v) is 2.93. The van der Waals surface area contributed by atoms with E-state index in [1.54, 1.807) is 31.2 Å². The standard InChI is InChI=1S/C15H20ClN3O2/c1-3-4-5-14(20)19-18-11(2)10-15(21)17-13-8-6-12(16)7-9-13/h6-9H,3-5,10H2,1-2H3,(H,17,21)(H,19,20)/b18-11+. The minimum atomic E-state index is -0.193. The van der Waals surface area contributed by atoms with Gasteiger partial charge >= 0.3 is 0 Å². The first-order valence-electron chi connectivity index (χ1n) is 6.88. The zero-order chi connectivity index (χ0) is 15.7. The molecule has 0 unspecified atom stereocenters. The quantitative estimate of drug-likeness (QED) is 0.599. The Hall–Kier alpha value is -1.88. The number of hydrazone groups is 1. The minimum absolute atomic E-state index is 0.122. The van der Waals surface area contributed by atoms with Gasteiger partial charge in [0.15, 0.2) is 0 Å². The van der Waals surface area contributed by atoms with Crippen LogP contribution in [0.2, 0.25) is 5.02 Å². The Morgan fingerprint density at radius 3 is 2.48 bits per heavy atom. The number of anilines is 1. The van der Waals surface area contributed by atoms with Gasteiger partial charge in [0.05, 0.1) is 6.42 Å². The Bertz CT molecular complexity index is 512. The number of rotatable bonds is 7. The van der Waals surface area contributed by atoms with Gasteiger partial charge in [-0.1, -0.05) is 24.9 Å². The van der Waals surface area contributed by atoms with Crippen molar-refractivity contribution in [3.63, 3.8) is 0 Å². The summed E-state index contributed by atoms with van der Waals surface area (Å²) in [5, 5.41) is 7.25. The predicted molar refractivity (Wildman–Crippen MR) is 85.5 cm³/mol. The Morgan fingerprint density at radius 2 is 1.86 bits per heavy atom. The average Bonchev–Trinajstić information content (AvgIpc) is 2.45. The number of hydrogen-bond acceptors (Lipinski definition) is 3. The second kappa shape index (κ2) is 9.13. The van der Waals surface area contributed by atoms with Crippen LogP contribution in [-0.2, 0) is 9.59 Å². The zero-order valence-electron chi connectivity index (χ0n) is 12.3. The molecule has 0 aliphatic carbocycles. The smallest absolute Gasteiger partial charge is 0.240 e. The first kappa shape index (κ1) is 17.2. The van der Waals surface area contributed by atoms with Gasteiger partial charge in [-0.3, -0.25) is 9.59 Å². The molecule has 1 aromatic rings. The number of hydrogen-bond donors (Lipinski definition) is 2. The maximum Gasteiger partial charge on any atom is 0.240 e. The molecule has 21 heavy (non-hydrogen) atoms. The van der Waals surface area contributed by atoms with E-state index in [1.165, 1.54) is 0 Å². The fraction of sp³-hybridized carbons (Fsp3) is 0.400. The lowest BCUT2D eigenvalue weighted by molar-refractivity contribution is -0.121. The molecule has 6 heteroatoms. The van der Waals surface area contributed by atoms with Crippen molar-refractivity contribution in [1.29, 1.82) is 0 Å². The lowest BCUT2D eigenvalue weighted by atomic mass is 10.2. The highest BCUT2D eigenvalue weighted by atomic mass is 35.5. The number of benzene rings is 1. The van der Waals surface area contributed by atoms with Crippen LogP contribution in [0.3, 0.4) is 0 Å². The van der Waals surface area contributed by atoms with E-state index < -0.39 is 0 Å². The van der Waals surface area contributed by atoms with E-state index in [0.717, 1.165) is 12.8 Å². The Morgan fingerprint density at radius 1 is 1.19 bits per heavy atom. The van der Waals surface area contributed by atoms with Crippen molar-refractivity contribution < 1.29 is 9.59 Å². The predicted octanol–water partition coefficient (Wildman–Crippen LogP) is 3.35. The monoisotopic (exact) mass is 309 g/mol. The summed E-state index contributed by atoms with van der Waals surface area (Å²) in [5.41, 5.74) is 3.66. The molecular formula is C15H20ClN3O2. The molecule has 0 fully saturated rings. The maximum atomic E-state index is 11.8. The molecule has 2 N–H and O–H groups in total. The molecule has 0 heterocycles. The van der Waals surface area contributed by atoms with Crippen LogP contribution < -0.4 is 10.7 Å². The fourth-order valence-corrected chi connectivity index (χ4v) is 1.69. The van der Waals surface area contributed by atoms with Gasteiger partial charge in [-0.15, -0.1) is 0 Å². The van der Waals surface area contributed by atoms with Crippen LogP contribution in [0.15, 0.2) is 29.4 Å². The first-order chi connectivity index (χ1) is 10.0. The van der Waals surface area contributed by atoms with Crippen molar-refractivity contribution >= 4 is 34.8 Å². The summed E-state index contributed by atoms with van der Waals surface area (Å²) in [6.45, 7) is 3.71. The summed E-state index contributed by atoms with van der Waals surface area (Å²) in [6, 6.07) is 6.84. The highest BCUT2D eigenvalue weighted by Crippen LogP contribution is 2.13. The molecular weight excluding hydrogens is 290 g/mol. The van der Waals surface area contributed by atoms with Gasteiger partial charge in [0, 0.05) is 22.8 Å². The van der Waals surface area contributed by atoms with Crippen LogP contribution in [-0.4, -0.2) is 17.5 Å². The number of amides is 2. The Kier molecular flexibility index (Phi) is 7.46. The van der Waals surface area contributed by atoms with Gasteiger partial charge in [0.25, 0.3) is 0 Å². The van der Waals surface area contributed by atoms with Crippen LogP contribution >= 0.6 is 11.6 Å². The topological polar surface area (TPSA) is 70.6 Å². The summed E-state index contributed by atoms with van der Waals surface area (Å²) < 4.78 is 0. The van der Waals surface area contributed by atoms with Crippen LogP contribution in [0.1, 0.15) is 39.5 Å². The molecule has 0 saturated heterocycles. The van der Waals surface area contributed by atoms with E-state index in [9.17, 15) is 9.59 Å². The van der Waals surface area contributed by atoms with Crippen molar-refractivity contribution in [2.45, 2.75) is 39.5 Å². The van der Waals surface area contributed by atoms with Gasteiger partial charge in [-0.05, 0) is 37.6 Å². The van der Waals surface area contributed by atoms with Crippen molar-refractivity contribution in [2.75, 3.05) is 5.32 Å². The van der Waals surface area contributed by atoms with Gasteiger partial charge < -0.3 is 5.32 Å². The number of carbonyl (C=O) groups is 2. The van der Waals surface area contributed by atoms with E-state index in [1.807, 2.05) is 6.92 Å². The molecule has 2 amide bonds. The number of carbonyl (C=O) groups excluding carboxylic acids is 2. The molecule has 0 radical (unpaired) electrons. The molecule has 0 saturated carbocycles. The molecule has 0 aliphatic heterocycles. The summed E-state index contributed by atoms with van der Waals surface area (Å²) in [6.07, 6.45) is 2.36. The van der Waals surface area contributed by atoms with E-state index >= 15 is 0 Å². The van der Waals surface area contributed by atoms with Crippen molar-refractivity contribution in [2.24, 2.45) is 5.10 Å². The number of nitrogens with zero attached hydrogens (tertiary/aromatic N) is 1. The second-order valence-electron chi connectivity index (χ2n) is 4.72. The molecule has 114 valence electrons. The lowest BCUT2D eigenvalue weighted by Gasteiger charge is -2.05. The van der Waals surface area contributed by atoms with E-state index in [-0.39, 0.29) is 18.2 Å². The molecule has 0 spiro atoms. The van der Waals surface area contributed by atoms with Gasteiger partial charge in [0.1, 0.15) is 0 Å². The third kappa shape index (κ3) is 7.46. The highest BCUT2D eigenvalue weighted by Gasteiger charge is 2.05. The summed E-state index contributed by atoms with van der Waals surface area (Å²) in [7, 11) is 0. The second-order valence-corrected chi connectivity index (χ2v) is 5.15. The van der Waals surface area contributed by atoms with Gasteiger partial charge in [0.2, 0.25) is 11.8 Å². The SMILES string of the molecule is CCCCC(=O)N/N=C(\C)CC(=O)Nc1ccc(Cl)cc1. The Labute approximate surface area is 129 Å². The normalized spacial score (nSPS) is 11.1. The molecule has 0 aromatic heterocycles. The fourth-order valence-electron chi connectivity index (χ4n) is 1.56. The summed E-state index contributed by atoms with van der Waals surface area (Å²) in [4.78, 5) is 23.2. The first-order valence-corrected chi connectivity index (χ1v) is 7.26. The Balaban J connectivity index is 2.39. The van der Waals surface area contributed by atoms with E-state index in [0.29, 0.717) is 22.8 Å². The largest absolute Gasteiger partial charge is 0.326 e. The molecule has 5 nitrogen and oxygen atoms in total. The number of unbranched alkanes of at least 4 members (excludes halogenated alkanes) is 1. The molecule has 1 aromatic carbocycles. The van der Waals surface area contributed by atoms with Gasteiger partial charge in [-0.25, -0.2) is 5.43 Å². The van der Waals surface area contributed by atoms with Crippen molar-refractivity contribution in [3.05, 3.63) is 29.3 Å². The van der Waals surface area contributed by atoms with Gasteiger partial charge in [-0.2, -0.15) is 5.10 Å². The number of nitrogens with one attached hydrogen (secondary N) is 2. The van der Waals surface area contributed by atoms with E-state index in [4.69, 9.17) is 11.6 Å². The molecule has 0 atom stereocenters. The van der Waals surface area contributed by atoms with E-state index in [2.05, 4.69) is 15.8 Å². The molecule has 0 bridgehead atoms. The van der Waals surface area contributed by atoms with Crippen LogP contribution in [0.5, 0.6) is 0 Å². The van der Waals surface area contributed by atoms with Crippen LogP contribution in [0.4, 0.5) is 5.69 Å². The maximum absolute atomic E-state index is 11.8. The highest BCUT2D eigenvalue weighted by molar-refractivity contribution is 6.30. The average molecular weight is 310 g/mol. The summed E-state index contributed by atoms with van der Waals surface area (Å²) in [5.74, 6) is -0.323. The summed E-state index contributed by atoms with van der Waals surface area (Å²) >= 11 is 5.77. The van der Waals surface area contributed by atoms with Crippen LogP contribution in [0.25, 0.3) is 0 Å². The van der Waals surface area contributed by atoms with Crippen LogP contribution in [0, 0.1) is 0 Å². The van der Waals surface area contributed by atoms with Crippen molar-refractivity contribution in [3.8, 4) is 0 Å².